The Hall–Kier alpha value is -2.63. The molecule has 0 radical (unpaired) electrons. The molecule has 5 nitrogen and oxygen atoms in total. The predicted octanol–water partition coefficient (Wildman–Crippen LogP) is 4.66. The first-order chi connectivity index (χ1) is 13.8. The fourth-order valence-corrected chi connectivity index (χ4v) is 3.79. The van der Waals surface area contributed by atoms with Gasteiger partial charge in [-0.15, -0.1) is 0 Å². The van der Waals surface area contributed by atoms with E-state index in [0.29, 0.717) is 16.3 Å². The Labute approximate surface area is 175 Å². The van der Waals surface area contributed by atoms with Crippen molar-refractivity contribution in [3.63, 3.8) is 0 Å². The Morgan fingerprint density at radius 3 is 2.34 bits per heavy atom. The minimum Gasteiger partial charge on any atom is -0.384 e. The van der Waals surface area contributed by atoms with Crippen LogP contribution in [0.2, 0.25) is 5.02 Å². The lowest BCUT2D eigenvalue weighted by molar-refractivity contribution is 0.0734. The number of rotatable bonds is 4. The summed E-state index contributed by atoms with van der Waals surface area (Å²) in [5, 5.41) is 15.7. The second kappa shape index (κ2) is 7.65. The van der Waals surface area contributed by atoms with Crippen molar-refractivity contribution in [1.82, 2.24) is 14.7 Å². The number of aliphatic hydroxyl groups is 1. The fourth-order valence-electron chi connectivity index (χ4n) is 3.58. The minimum atomic E-state index is -1.09. The van der Waals surface area contributed by atoms with Gasteiger partial charge in [-0.05, 0) is 57.0 Å². The molecule has 2 aromatic carbocycles. The van der Waals surface area contributed by atoms with E-state index in [4.69, 9.17) is 11.6 Å². The molecule has 4 rings (SSSR count). The number of benzene rings is 2. The first-order valence-corrected chi connectivity index (χ1v) is 10.2. The van der Waals surface area contributed by atoms with E-state index in [2.05, 4.69) is 5.10 Å². The number of hydrogen-bond donors (Lipinski definition) is 1. The summed E-state index contributed by atoms with van der Waals surface area (Å²) >= 11 is 6.41. The molecule has 0 bridgehead atoms. The number of carbonyl (C=O) groups excluding carboxylic acids is 1. The highest BCUT2D eigenvalue weighted by atomic mass is 35.5. The number of amides is 1. The summed E-state index contributed by atoms with van der Waals surface area (Å²) in [6.07, 6.45) is 2.14. The van der Waals surface area contributed by atoms with Crippen molar-refractivity contribution in [2.75, 3.05) is 13.1 Å². The number of para-hydroxylation sites is 1. The second-order valence-corrected chi connectivity index (χ2v) is 8.32. The van der Waals surface area contributed by atoms with Crippen molar-refractivity contribution in [2.45, 2.75) is 32.3 Å². The highest BCUT2D eigenvalue weighted by Crippen LogP contribution is 2.31. The SMILES string of the molecule is CC(C)(O)c1cc(-c2ccc(C(=O)N3CCCC3)cc2)n(-c2ccccc2Cl)n1. The lowest BCUT2D eigenvalue weighted by atomic mass is 10.0. The summed E-state index contributed by atoms with van der Waals surface area (Å²) in [6, 6.07) is 16.9. The molecule has 0 spiro atoms. The quantitative estimate of drug-likeness (QED) is 0.682. The molecule has 2 heterocycles. The van der Waals surface area contributed by atoms with Gasteiger partial charge in [-0.2, -0.15) is 5.10 Å². The maximum absolute atomic E-state index is 12.6. The lowest BCUT2D eigenvalue weighted by Crippen LogP contribution is -2.27. The molecule has 6 heteroatoms. The van der Waals surface area contributed by atoms with Crippen LogP contribution in [-0.4, -0.2) is 38.8 Å². The van der Waals surface area contributed by atoms with E-state index in [1.165, 1.54) is 0 Å². The van der Waals surface area contributed by atoms with E-state index in [1.807, 2.05) is 59.5 Å². The van der Waals surface area contributed by atoms with Gasteiger partial charge in [-0.25, -0.2) is 4.68 Å². The molecular formula is C23H24ClN3O2. The van der Waals surface area contributed by atoms with Gasteiger partial charge in [-0.3, -0.25) is 4.79 Å². The molecule has 1 amide bonds. The monoisotopic (exact) mass is 409 g/mol. The zero-order chi connectivity index (χ0) is 20.6. The molecule has 29 heavy (non-hydrogen) atoms. The molecule has 0 saturated carbocycles. The zero-order valence-corrected chi connectivity index (χ0v) is 17.4. The van der Waals surface area contributed by atoms with Gasteiger partial charge in [0.2, 0.25) is 0 Å². The summed E-state index contributed by atoms with van der Waals surface area (Å²) < 4.78 is 1.74. The van der Waals surface area contributed by atoms with Crippen LogP contribution in [0.25, 0.3) is 16.9 Å². The van der Waals surface area contributed by atoms with Gasteiger partial charge in [0.15, 0.2) is 0 Å². The van der Waals surface area contributed by atoms with E-state index >= 15 is 0 Å². The first-order valence-electron chi connectivity index (χ1n) is 9.82. The largest absolute Gasteiger partial charge is 0.384 e. The van der Waals surface area contributed by atoms with E-state index < -0.39 is 5.60 Å². The van der Waals surface area contributed by atoms with Gasteiger partial charge in [0.05, 0.1) is 22.1 Å². The zero-order valence-electron chi connectivity index (χ0n) is 16.6. The van der Waals surface area contributed by atoms with Crippen LogP contribution in [-0.2, 0) is 5.60 Å². The molecular weight excluding hydrogens is 386 g/mol. The Bertz CT molecular complexity index is 1030. The third-order valence-electron chi connectivity index (χ3n) is 5.24. The van der Waals surface area contributed by atoms with Gasteiger partial charge in [0.25, 0.3) is 5.91 Å². The summed E-state index contributed by atoms with van der Waals surface area (Å²) in [4.78, 5) is 14.5. The molecule has 1 aliphatic heterocycles. The van der Waals surface area contributed by atoms with Crippen LogP contribution in [0.15, 0.2) is 54.6 Å². The fraction of sp³-hybridized carbons (Fsp3) is 0.304. The Balaban J connectivity index is 1.75. The molecule has 0 unspecified atom stereocenters. The van der Waals surface area contributed by atoms with E-state index in [1.54, 1.807) is 18.5 Å². The number of nitrogens with zero attached hydrogens (tertiary/aromatic N) is 3. The van der Waals surface area contributed by atoms with E-state index in [9.17, 15) is 9.90 Å². The summed E-state index contributed by atoms with van der Waals surface area (Å²) in [7, 11) is 0. The molecule has 0 aliphatic carbocycles. The van der Waals surface area contributed by atoms with Gasteiger partial charge in [0.1, 0.15) is 5.60 Å². The van der Waals surface area contributed by atoms with Crippen LogP contribution < -0.4 is 0 Å². The van der Waals surface area contributed by atoms with Crippen LogP contribution in [0.1, 0.15) is 42.7 Å². The summed E-state index contributed by atoms with van der Waals surface area (Å²) in [6.45, 7) is 5.06. The van der Waals surface area contributed by atoms with E-state index in [0.717, 1.165) is 42.9 Å². The van der Waals surface area contributed by atoms with Crippen molar-refractivity contribution >= 4 is 17.5 Å². The van der Waals surface area contributed by atoms with Crippen molar-refractivity contribution in [1.29, 1.82) is 0 Å². The van der Waals surface area contributed by atoms with Crippen molar-refractivity contribution in [3.8, 4) is 16.9 Å². The number of likely N-dealkylation sites (tertiary alicyclic amines) is 1. The van der Waals surface area contributed by atoms with Crippen LogP contribution >= 0.6 is 11.6 Å². The molecule has 0 atom stereocenters. The van der Waals surface area contributed by atoms with Gasteiger partial charge >= 0.3 is 0 Å². The van der Waals surface area contributed by atoms with Crippen LogP contribution in [0.4, 0.5) is 0 Å². The van der Waals surface area contributed by atoms with Gasteiger partial charge < -0.3 is 10.0 Å². The minimum absolute atomic E-state index is 0.0749. The van der Waals surface area contributed by atoms with Gasteiger partial charge in [0, 0.05) is 24.2 Å². The highest BCUT2D eigenvalue weighted by molar-refractivity contribution is 6.32. The highest BCUT2D eigenvalue weighted by Gasteiger charge is 2.24. The van der Waals surface area contributed by atoms with E-state index in [-0.39, 0.29) is 5.91 Å². The average Bonchev–Trinajstić information content (AvgIpc) is 3.38. The topological polar surface area (TPSA) is 58.4 Å². The normalized spacial score (nSPS) is 14.4. The molecule has 1 N–H and O–H groups in total. The van der Waals surface area contributed by atoms with Crippen LogP contribution in [0.3, 0.4) is 0 Å². The van der Waals surface area contributed by atoms with Crippen molar-refractivity contribution < 1.29 is 9.90 Å². The maximum atomic E-state index is 12.6. The summed E-state index contributed by atoms with van der Waals surface area (Å²) in [5.41, 5.74) is 2.57. The average molecular weight is 410 g/mol. The Morgan fingerprint density at radius 1 is 1.07 bits per heavy atom. The number of aromatic nitrogens is 2. The third kappa shape index (κ3) is 3.93. The number of hydrogen-bond acceptors (Lipinski definition) is 3. The lowest BCUT2D eigenvalue weighted by Gasteiger charge is -2.15. The third-order valence-corrected chi connectivity index (χ3v) is 5.56. The van der Waals surface area contributed by atoms with Crippen molar-refractivity contribution in [3.05, 3.63) is 70.9 Å². The molecule has 1 saturated heterocycles. The molecule has 150 valence electrons. The van der Waals surface area contributed by atoms with Crippen LogP contribution in [0, 0.1) is 0 Å². The number of carbonyl (C=O) groups is 1. The Kier molecular flexibility index (Phi) is 5.19. The predicted molar refractivity (Wildman–Crippen MR) is 114 cm³/mol. The molecule has 1 fully saturated rings. The molecule has 1 aliphatic rings. The maximum Gasteiger partial charge on any atom is 0.253 e. The van der Waals surface area contributed by atoms with Gasteiger partial charge in [-0.1, -0.05) is 35.9 Å². The van der Waals surface area contributed by atoms with Crippen LogP contribution in [0.5, 0.6) is 0 Å². The molecule has 1 aromatic heterocycles. The molecule has 3 aromatic rings. The standard InChI is InChI=1S/C23H24ClN3O2/c1-23(2,29)21-15-20(27(25-21)19-8-4-3-7-18(19)24)16-9-11-17(12-10-16)22(28)26-13-5-6-14-26/h3-4,7-12,15,29H,5-6,13-14H2,1-2H3. The smallest absolute Gasteiger partial charge is 0.253 e. The van der Waals surface area contributed by atoms with Crippen molar-refractivity contribution in [2.24, 2.45) is 0 Å². The number of halogens is 1. The first kappa shape index (κ1) is 19.7. The second-order valence-electron chi connectivity index (χ2n) is 7.91. The Morgan fingerprint density at radius 2 is 1.72 bits per heavy atom. The summed E-state index contributed by atoms with van der Waals surface area (Å²) in [5.74, 6) is 0.0749.